The Labute approximate surface area is 160 Å². The Balaban J connectivity index is 1.70. The van der Waals surface area contributed by atoms with Crippen LogP contribution in [0.15, 0.2) is 12.1 Å². The molecule has 0 saturated carbocycles. The molecule has 0 atom stereocenters. The van der Waals surface area contributed by atoms with Gasteiger partial charge in [-0.05, 0) is 51.3 Å². The molecule has 3 heterocycles. The van der Waals surface area contributed by atoms with Crippen LogP contribution >= 0.6 is 0 Å². The maximum atomic E-state index is 12.7. The van der Waals surface area contributed by atoms with E-state index in [9.17, 15) is 10.1 Å². The number of anilines is 1. The molecule has 27 heavy (non-hydrogen) atoms. The summed E-state index contributed by atoms with van der Waals surface area (Å²) in [5.41, 5.74) is 3.97. The lowest BCUT2D eigenvalue weighted by Crippen LogP contribution is -2.46. The van der Waals surface area contributed by atoms with Crippen LogP contribution in [0.25, 0.3) is 0 Å². The van der Waals surface area contributed by atoms with Gasteiger partial charge in [0.2, 0.25) is 0 Å². The van der Waals surface area contributed by atoms with Crippen LogP contribution in [0.3, 0.4) is 0 Å². The first-order valence-electron chi connectivity index (χ1n) is 9.23. The van der Waals surface area contributed by atoms with E-state index in [-0.39, 0.29) is 11.9 Å². The van der Waals surface area contributed by atoms with E-state index >= 15 is 0 Å². The topological polar surface area (TPSA) is 78.0 Å². The quantitative estimate of drug-likeness (QED) is 0.833. The predicted octanol–water partition coefficient (Wildman–Crippen LogP) is 2.35. The smallest absolute Gasteiger partial charge is 0.274 e. The van der Waals surface area contributed by atoms with Crippen LogP contribution in [0.4, 0.5) is 5.82 Å². The molecule has 1 fully saturated rings. The Kier molecular flexibility index (Phi) is 5.17. The number of nitriles is 1. The van der Waals surface area contributed by atoms with E-state index in [1.807, 2.05) is 47.0 Å². The van der Waals surface area contributed by atoms with Gasteiger partial charge in [-0.15, -0.1) is 0 Å². The van der Waals surface area contributed by atoms with Gasteiger partial charge in [-0.3, -0.25) is 9.48 Å². The van der Waals surface area contributed by atoms with E-state index in [4.69, 9.17) is 0 Å². The van der Waals surface area contributed by atoms with Gasteiger partial charge in [0.15, 0.2) is 5.69 Å². The Morgan fingerprint density at radius 3 is 2.48 bits per heavy atom. The third-order valence-corrected chi connectivity index (χ3v) is 5.40. The molecule has 2 aromatic heterocycles. The molecule has 0 spiro atoms. The molecular weight excluding hydrogens is 340 g/mol. The van der Waals surface area contributed by atoms with Crippen LogP contribution in [-0.2, 0) is 7.05 Å². The van der Waals surface area contributed by atoms with Gasteiger partial charge in [-0.25, -0.2) is 4.98 Å². The zero-order chi connectivity index (χ0) is 19.7. The number of carbonyl (C=O) groups excluding carboxylic acids is 1. The molecule has 0 aromatic carbocycles. The lowest BCUT2D eigenvalue weighted by Gasteiger charge is -2.37. The van der Waals surface area contributed by atoms with Crippen LogP contribution in [0.1, 0.15) is 45.8 Å². The molecule has 1 aliphatic heterocycles. The summed E-state index contributed by atoms with van der Waals surface area (Å²) in [4.78, 5) is 21.3. The number of amides is 1. The zero-order valence-electron chi connectivity index (χ0n) is 16.7. The first kappa shape index (κ1) is 18.9. The van der Waals surface area contributed by atoms with Crippen LogP contribution in [-0.4, -0.2) is 51.8 Å². The summed E-state index contributed by atoms with van der Waals surface area (Å²) in [6.07, 6.45) is 1.68. The lowest BCUT2D eigenvalue weighted by atomic mass is 10.0. The normalized spacial score (nSPS) is 14.9. The number of carbonyl (C=O) groups is 1. The molecule has 142 valence electrons. The highest BCUT2D eigenvalue weighted by Crippen LogP contribution is 2.26. The zero-order valence-corrected chi connectivity index (χ0v) is 16.7. The Morgan fingerprint density at radius 2 is 1.93 bits per heavy atom. The monoisotopic (exact) mass is 366 g/mol. The van der Waals surface area contributed by atoms with E-state index < -0.39 is 0 Å². The number of hydrogen-bond donors (Lipinski definition) is 0. The minimum Gasteiger partial charge on any atom is -0.355 e. The standard InChI is InChI=1S/C20H26N6O/c1-13-10-14(2)22-19(17(13)12-21)26-8-6-16(7-9-26)24(4)20(27)18-11-15(3)25(5)23-18/h10-11,16H,6-9H2,1-5H3. The minimum absolute atomic E-state index is 0.0422. The molecule has 1 saturated heterocycles. The molecule has 0 unspecified atom stereocenters. The SMILES string of the molecule is Cc1cc(C)c(C#N)c(N2CCC(N(C)C(=O)c3cc(C)n(C)n3)CC2)n1. The molecule has 1 aliphatic rings. The van der Waals surface area contributed by atoms with Crippen molar-refractivity contribution in [2.75, 3.05) is 25.0 Å². The highest BCUT2D eigenvalue weighted by Gasteiger charge is 2.29. The highest BCUT2D eigenvalue weighted by molar-refractivity contribution is 5.92. The molecule has 0 N–H and O–H groups in total. The Morgan fingerprint density at radius 1 is 1.26 bits per heavy atom. The van der Waals surface area contributed by atoms with Gasteiger partial charge in [0.1, 0.15) is 11.9 Å². The molecule has 0 aliphatic carbocycles. The summed E-state index contributed by atoms with van der Waals surface area (Å²) in [5, 5.41) is 13.8. The van der Waals surface area contributed by atoms with Crippen molar-refractivity contribution in [2.45, 2.75) is 39.7 Å². The minimum atomic E-state index is -0.0422. The summed E-state index contributed by atoms with van der Waals surface area (Å²) >= 11 is 0. The van der Waals surface area contributed by atoms with Crippen LogP contribution in [0, 0.1) is 32.1 Å². The molecule has 7 nitrogen and oxygen atoms in total. The Bertz CT molecular complexity index is 882. The van der Waals surface area contributed by atoms with Crippen LogP contribution in [0.2, 0.25) is 0 Å². The van der Waals surface area contributed by atoms with Crippen molar-refractivity contribution in [1.82, 2.24) is 19.7 Å². The third kappa shape index (κ3) is 3.65. The van der Waals surface area contributed by atoms with E-state index in [1.165, 1.54) is 0 Å². The van der Waals surface area contributed by atoms with Gasteiger partial charge >= 0.3 is 0 Å². The van der Waals surface area contributed by atoms with Crippen molar-refractivity contribution in [3.63, 3.8) is 0 Å². The molecular formula is C20H26N6O. The van der Waals surface area contributed by atoms with Gasteiger partial charge in [0.25, 0.3) is 5.91 Å². The lowest BCUT2D eigenvalue weighted by molar-refractivity contribution is 0.0702. The van der Waals surface area contributed by atoms with E-state index in [1.54, 1.807) is 9.58 Å². The first-order valence-corrected chi connectivity index (χ1v) is 9.23. The summed E-state index contributed by atoms with van der Waals surface area (Å²) in [7, 11) is 3.69. The maximum Gasteiger partial charge on any atom is 0.274 e. The number of hydrogen-bond acceptors (Lipinski definition) is 5. The fourth-order valence-electron chi connectivity index (χ4n) is 3.66. The number of aromatic nitrogens is 3. The predicted molar refractivity (Wildman–Crippen MR) is 104 cm³/mol. The summed E-state index contributed by atoms with van der Waals surface area (Å²) in [6, 6.07) is 6.22. The molecule has 0 bridgehead atoms. The molecule has 3 rings (SSSR count). The number of nitrogens with zero attached hydrogens (tertiary/aromatic N) is 6. The van der Waals surface area contributed by atoms with Crippen molar-refractivity contribution in [1.29, 1.82) is 5.26 Å². The third-order valence-electron chi connectivity index (χ3n) is 5.40. The first-order chi connectivity index (χ1) is 12.8. The summed E-state index contributed by atoms with van der Waals surface area (Å²) < 4.78 is 1.72. The van der Waals surface area contributed by atoms with Crippen LogP contribution in [0.5, 0.6) is 0 Å². The van der Waals surface area contributed by atoms with Gasteiger partial charge in [-0.1, -0.05) is 0 Å². The van der Waals surface area contributed by atoms with Gasteiger partial charge in [0, 0.05) is 44.6 Å². The molecule has 7 heteroatoms. The average Bonchev–Trinajstić information content (AvgIpc) is 2.99. The molecule has 0 radical (unpaired) electrons. The fourth-order valence-corrected chi connectivity index (χ4v) is 3.66. The average molecular weight is 366 g/mol. The number of piperidine rings is 1. The van der Waals surface area contributed by atoms with Gasteiger partial charge in [-0.2, -0.15) is 10.4 Å². The fraction of sp³-hybridized carbons (Fsp3) is 0.500. The second kappa shape index (κ2) is 7.39. The van der Waals surface area contributed by atoms with Gasteiger partial charge < -0.3 is 9.80 Å². The number of pyridine rings is 1. The largest absolute Gasteiger partial charge is 0.355 e. The molecule has 2 aromatic rings. The van der Waals surface area contributed by atoms with Crippen molar-refractivity contribution >= 4 is 11.7 Å². The van der Waals surface area contributed by atoms with Gasteiger partial charge in [0.05, 0.1) is 5.56 Å². The Hall–Kier alpha value is -2.88. The number of aryl methyl sites for hydroxylation is 4. The van der Waals surface area contributed by atoms with E-state index in [2.05, 4.69) is 21.1 Å². The van der Waals surface area contributed by atoms with E-state index in [0.717, 1.165) is 48.7 Å². The van der Waals surface area contributed by atoms with Crippen LogP contribution < -0.4 is 4.90 Å². The second-order valence-corrected chi connectivity index (χ2v) is 7.32. The summed E-state index contributed by atoms with van der Waals surface area (Å²) in [6.45, 7) is 7.38. The van der Waals surface area contributed by atoms with Crippen molar-refractivity contribution in [3.8, 4) is 6.07 Å². The highest BCUT2D eigenvalue weighted by atomic mass is 16.2. The number of rotatable bonds is 3. The van der Waals surface area contributed by atoms with Crippen molar-refractivity contribution in [2.24, 2.45) is 7.05 Å². The second-order valence-electron chi connectivity index (χ2n) is 7.32. The van der Waals surface area contributed by atoms with Crippen molar-refractivity contribution in [3.05, 3.63) is 40.3 Å². The molecule has 1 amide bonds. The van der Waals surface area contributed by atoms with Crippen molar-refractivity contribution < 1.29 is 4.79 Å². The maximum absolute atomic E-state index is 12.7. The van der Waals surface area contributed by atoms with E-state index in [0.29, 0.717) is 11.3 Å². The summed E-state index contributed by atoms with van der Waals surface area (Å²) in [5.74, 6) is 0.724.